The van der Waals surface area contributed by atoms with Crippen molar-refractivity contribution in [3.63, 3.8) is 0 Å². The Morgan fingerprint density at radius 2 is 1.95 bits per heavy atom. The highest BCUT2D eigenvalue weighted by atomic mass is 16.5. The summed E-state index contributed by atoms with van der Waals surface area (Å²) in [5.41, 5.74) is 0.593. The smallest absolute Gasteiger partial charge is 0.360 e. The van der Waals surface area contributed by atoms with E-state index in [1.165, 1.54) is 4.80 Å². The summed E-state index contributed by atoms with van der Waals surface area (Å²) in [7, 11) is 1.69. The van der Waals surface area contributed by atoms with Gasteiger partial charge in [-0.05, 0) is 12.1 Å². The molecule has 2 rings (SSSR count). The number of ether oxygens (including phenoxy) is 1. The van der Waals surface area contributed by atoms with Gasteiger partial charge in [-0.1, -0.05) is 26.0 Å². The Bertz CT molecular complexity index is 638. The topological polar surface area (TPSA) is 101 Å². The van der Waals surface area contributed by atoms with Crippen LogP contribution in [0, 0.1) is 0 Å². The summed E-state index contributed by atoms with van der Waals surface area (Å²) in [6, 6.07) is 0. The largest absolute Gasteiger partial charge is 0.461 e. The molecule has 0 fully saturated rings. The Morgan fingerprint density at radius 1 is 1.24 bits per heavy atom. The third kappa shape index (κ3) is 3.23. The molecule has 0 amide bonds. The summed E-state index contributed by atoms with van der Waals surface area (Å²) >= 11 is 0. The summed E-state index contributed by atoms with van der Waals surface area (Å²) in [6.45, 7) is 8.29. The highest BCUT2D eigenvalue weighted by Crippen LogP contribution is 2.25. The minimum atomic E-state index is -0.471. The van der Waals surface area contributed by atoms with Crippen molar-refractivity contribution in [1.29, 1.82) is 0 Å². The molecule has 0 spiro atoms. The molecule has 0 aliphatic heterocycles. The van der Waals surface area contributed by atoms with Crippen LogP contribution in [0.2, 0.25) is 0 Å². The standard InChI is InChI=1S/C12H19N7O2/c1-6-21-11(20)9-10(12(2,3)4)19(17-14-9)7-8-13-16-18(5)15-8/h6-7H2,1-5H3. The number of rotatable bonds is 4. The molecule has 0 N–H and O–H groups in total. The van der Waals surface area contributed by atoms with E-state index in [1.807, 2.05) is 20.8 Å². The highest BCUT2D eigenvalue weighted by Gasteiger charge is 2.30. The summed E-state index contributed by atoms with van der Waals surface area (Å²) in [6.07, 6.45) is 0. The number of hydrogen-bond acceptors (Lipinski definition) is 7. The average Bonchev–Trinajstić information content (AvgIpc) is 2.96. The van der Waals surface area contributed by atoms with Gasteiger partial charge in [-0.2, -0.15) is 4.80 Å². The van der Waals surface area contributed by atoms with Gasteiger partial charge in [0, 0.05) is 5.41 Å². The van der Waals surface area contributed by atoms with Gasteiger partial charge in [-0.3, -0.25) is 0 Å². The predicted octanol–water partition coefficient (Wildman–Crippen LogP) is 0.324. The molecular weight excluding hydrogens is 274 g/mol. The fourth-order valence-electron chi connectivity index (χ4n) is 2.02. The molecule has 2 aromatic rings. The Balaban J connectivity index is 2.39. The molecule has 9 nitrogen and oxygen atoms in total. The van der Waals surface area contributed by atoms with E-state index < -0.39 is 5.97 Å². The first-order valence-corrected chi connectivity index (χ1v) is 6.67. The van der Waals surface area contributed by atoms with E-state index in [0.717, 1.165) is 0 Å². The average molecular weight is 293 g/mol. The molecule has 9 heteroatoms. The molecule has 21 heavy (non-hydrogen) atoms. The lowest BCUT2D eigenvalue weighted by molar-refractivity contribution is 0.0516. The van der Waals surface area contributed by atoms with Crippen LogP contribution in [0.4, 0.5) is 0 Å². The Hall–Kier alpha value is -2.32. The van der Waals surface area contributed by atoms with Crippen LogP contribution in [0.15, 0.2) is 0 Å². The van der Waals surface area contributed by atoms with Crippen molar-refractivity contribution in [2.45, 2.75) is 39.7 Å². The number of tetrazole rings is 1. The zero-order valence-corrected chi connectivity index (χ0v) is 12.9. The van der Waals surface area contributed by atoms with Crippen LogP contribution < -0.4 is 0 Å². The van der Waals surface area contributed by atoms with Crippen LogP contribution in [0.25, 0.3) is 0 Å². The Kier molecular flexibility index (Phi) is 4.01. The number of carbonyl (C=O) groups excluding carboxylic acids is 1. The maximum Gasteiger partial charge on any atom is 0.360 e. The van der Waals surface area contributed by atoms with Crippen molar-refractivity contribution < 1.29 is 9.53 Å². The van der Waals surface area contributed by atoms with Gasteiger partial charge in [0.2, 0.25) is 0 Å². The van der Waals surface area contributed by atoms with Crippen LogP contribution in [-0.2, 0) is 23.7 Å². The van der Waals surface area contributed by atoms with E-state index in [4.69, 9.17) is 4.74 Å². The fraction of sp³-hybridized carbons (Fsp3) is 0.667. The van der Waals surface area contributed by atoms with Crippen LogP contribution in [-0.4, -0.2) is 47.8 Å². The van der Waals surface area contributed by atoms with E-state index in [0.29, 0.717) is 24.7 Å². The first-order valence-electron chi connectivity index (χ1n) is 6.67. The van der Waals surface area contributed by atoms with Gasteiger partial charge in [0.05, 0.1) is 19.3 Å². The monoisotopic (exact) mass is 293 g/mol. The van der Waals surface area contributed by atoms with Crippen LogP contribution in [0.1, 0.15) is 49.7 Å². The van der Waals surface area contributed by atoms with Gasteiger partial charge in [0.1, 0.15) is 6.54 Å². The van der Waals surface area contributed by atoms with E-state index in [-0.39, 0.29) is 11.1 Å². The maximum atomic E-state index is 12.0. The molecule has 0 unspecified atom stereocenters. The first-order chi connectivity index (χ1) is 9.82. The van der Waals surface area contributed by atoms with Gasteiger partial charge in [0.25, 0.3) is 0 Å². The lowest BCUT2D eigenvalue weighted by atomic mass is 9.90. The zero-order chi connectivity index (χ0) is 15.6. The molecular formula is C12H19N7O2. The van der Waals surface area contributed by atoms with Crippen molar-refractivity contribution in [2.24, 2.45) is 7.05 Å². The quantitative estimate of drug-likeness (QED) is 0.748. The highest BCUT2D eigenvalue weighted by molar-refractivity contribution is 5.88. The van der Waals surface area contributed by atoms with E-state index in [1.54, 1.807) is 18.7 Å². The Morgan fingerprint density at radius 3 is 2.48 bits per heavy atom. The van der Waals surface area contributed by atoms with Gasteiger partial charge in [-0.25, -0.2) is 9.48 Å². The number of esters is 1. The summed E-state index contributed by atoms with van der Waals surface area (Å²) in [4.78, 5) is 13.4. The van der Waals surface area contributed by atoms with E-state index >= 15 is 0 Å². The van der Waals surface area contributed by atoms with Gasteiger partial charge >= 0.3 is 5.97 Å². The van der Waals surface area contributed by atoms with E-state index in [2.05, 4.69) is 25.7 Å². The Labute approximate surface area is 122 Å². The lowest BCUT2D eigenvalue weighted by Crippen LogP contribution is -2.23. The van der Waals surface area contributed by atoms with Crippen molar-refractivity contribution >= 4 is 5.97 Å². The molecule has 0 saturated carbocycles. The summed E-state index contributed by atoms with van der Waals surface area (Å²) in [5.74, 6) is 0.0316. The molecule has 0 saturated heterocycles. The van der Waals surface area contributed by atoms with Gasteiger partial charge in [0.15, 0.2) is 11.5 Å². The second kappa shape index (κ2) is 5.58. The number of aryl methyl sites for hydroxylation is 1. The van der Waals surface area contributed by atoms with Crippen LogP contribution in [0.3, 0.4) is 0 Å². The molecule has 0 aliphatic rings. The van der Waals surface area contributed by atoms with E-state index in [9.17, 15) is 4.79 Å². The molecule has 0 atom stereocenters. The zero-order valence-electron chi connectivity index (χ0n) is 12.9. The molecule has 0 radical (unpaired) electrons. The number of carbonyl (C=O) groups is 1. The van der Waals surface area contributed by atoms with Crippen molar-refractivity contribution in [1.82, 2.24) is 35.2 Å². The minimum Gasteiger partial charge on any atom is -0.461 e. The molecule has 114 valence electrons. The first kappa shape index (κ1) is 15.1. The predicted molar refractivity (Wildman–Crippen MR) is 72.6 cm³/mol. The lowest BCUT2D eigenvalue weighted by Gasteiger charge is -2.20. The van der Waals surface area contributed by atoms with Crippen LogP contribution in [0.5, 0.6) is 0 Å². The normalized spacial score (nSPS) is 11.7. The molecule has 0 bridgehead atoms. The molecule has 0 aliphatic carbocycles. The van der Waals surface area contributed by atoms with Gasteiger partial charge in [-0.15, -0.1) is 15.3 Å². The maximum absolute atomic E-state index is 12.0. The second-order valence-electron chi connectivity index (χ2n) is 5.61. The molecule has 2 aromatic heterocycles. The summed E-state index contributed by atoms with van der Waals surface area (Å²) < 4.78 is 6.64. The molecule has 2 heterocycles. The third-order valence-electron chi connectivity index (χ3n) is 2.76. The second-order valence-corrected chi connectivity index (χ2v) is 5.61. The third-order valence-corrected chi connectivity index (χ3v) is 2.76. The van der Waals surface area contributed by atoms with Crippen molar-refractivity contribution in [3.05, 3.63) is 17.2 Å². The SMILES string of the molecule is CCOC(=O)c1nnn(Cc2nnn(C)n2)c1C(C)(C)C. The van der Waals surface area contributed by atoms with Crippen LogP contribution >= 0.6 is 0 Å². The molecule has 0 aromatic carbocycles. The minimum absolute atomic E-state index is 0.230. The van der Waals surface area contributed by atoms with Gasteiger partial charge < -0.3 is 4.74 Å². The number of hydrogen-bond donors (Lipinski definition) is 0. The van der Waals surface area contributed by atoms with Crippen molar-refractivity contribution in [2.75, 3.05) is 6.61 Å². The summed E-state index contributed by atoms with van der Waals surface area (Å²) in [5, 5.41) is 19.8. The number of nitrogens with zero attached hydrogens (tertiary/aromatic N) is 7. The van der Waals surface area contributed by atoms with Crippen molar-refractivity contribution in [3.8, 4) is 0 Å². The number of aromatic nitrogens is 7. The fourth-order valence-corrected chi connectivity index (χ4v) is 2.02.